The van der Waals surface area contributed by atoms with Crippen LogP contribution in [0, 0.1) is 21.7 Å². The van der Waals surface area contributed by atoms with Gasteiger partial charge in [-0.25, -0.2) is 28.0 Å². The van der Waals surface area contributed by atoms with Crippen LogP contribution in [0.25, 0.3) is 43.6 Å². The Morgan fingerprint density at radius 1 is 0.509 bits per heavy atom. The fourth-order valence-electron chi connectivity index (χ4n) is 14.8. The zero-order valence-corrected chi connectivity index (χ0v) is 64.6. The van der Waals surface area contributed by atoms with E-state index in [0.717, 1.165) is 112 Å². The van der Waals surface area contributed by atoms with Gasteiger partial charge in [0.25, 0.3) is 5.69 Å². The van der Waals surface area contributed by atoms with Crippen LogP contribution in [0.3, 0.4) is 0 Å². The number of H-pyrrole nitrogens is 4. The van der Waals surface area contributed by atoms with Crippen molar-refractivity contribution in [1.29, 1.82) is 0 Å². The van der Waals surface area contributed by atoms with E-state index in [2.05, 4.69) is 35.9 Å². The molecule has 558 valence electrons. The van der Waals surface area contributed by atoms with Crippen LogP contribution in [0.2, 0.25) is 25.1 Å². The van der Waals surface area contributed by atoms with E-state index in [1.807, 2.05) is 122 Å². The summed E-state index contributed by atoms with van der Waals surface area (Å²) < 4.78 is 50.3. The molecule has 4 aliphatic rings. The molecule has 4 unspecified atom stereocenters. The third-order valence-corrected chi connectivity index (χ3v) is 21.3. The predicted molar refractivity (Wildman–Crippen MR) is 420 cm³/mol. The molecule has 4 aliphatic heterocycles. The SMILES string of the molecule is CC(C)OC(=O)N1CCc2c([nH]c3ccc(Cl)cc23)C1c1ccc([N+](=O)[O-])cc1.CCOC(=O)N1CCc2c([nH]c3ccc(Cl)cc23)C1c1ccc(Br)cc1.COC(=O)N1CCc2c([nH]c3ccc(Cl)cc23)C1c1cccc(F)c1F.O=C(OCCCl)N1CCc2c([nH]c3ccc(Cl)cc23)C1c1ccc(Cl)cc1. The Balaban J connectivity index is 0.000000127. The number of amides is 4. The summed E-state index contributed by atoms with van der Waals surface area (Å²) in [5.74, 6) is -1.67. The van der Waals surface area contributed by atoms with E-state index in [9.17, 15) is 38.1 Å². The number of nitro groups is 1. The van der Waals surface area contributed by atoms with E-state index < -0.39 is 40.8 Å². The van der Waals surface area contributed by atoms with Crippen LogP contribution in [0.5, 0.6) is 0 Å². The highest BCUT2D eigenvalue weighted by molar-refractivity contribution is 9.10. The van der Waals surface area contributed by atoms with Gasteiger partial charge in [0, 0.05) is 140 Å². The maximum atomic E-state index is 14.6. The van der Waals surface area contributed by atoms with Crippen LogP contribution in [0.15, 0.2) is 168 Å². The normalized spacial score (nSPS) is 16.4. The molecular formula is C80H70BrCl6F2N9O10. The van der Waals surface area contributed by atoms with Crippen molar-refractivity contribution in [3.05, 3.63) is 282 Å². The third kappa shape index (κ3) is 15.9. The number of benzene rings is 8. The Labute approximate surface area is 657 Å². The number of aromatic amines is 4. The van der Waals surface area contributed by atoms with Gasteiger partial charge in [-0.15, -0.1) is 11.6 Å². The fraction of sp³-hybridized carbons (Fsp3) is 0.250. The predicted octanol–water partition coefficient (Wildman–Crippen LogP) is 21.5. The van der Waals surface area contributed by atoms with Gasteiger partial charge < -0.3 is 38.9 Å². The maximum Gasteiger partial charge on any atom is 0.410 e. The number of rotatable bonds is 9. The van der Waals surface area contributed by atoms with Crippen LogP contribution >= 0.6 is 85.5 Å². The van der Waals surface area contributed by atoms with E-state index in [0.29, 0.717) is 76.4 Å². The molecule has 0 saturated carbocycles. The van der Waals surface area contributed by atoms with Crippen molar-refractivity contribution >= 4 is 159 Å². The third-order valence-electron chi connectivity index (χ3n) is 19.4. The first-order valence-corrected chi connectivity index (χ1v) is 37.9. The lowest BCUT2D eigenvalue weighted by Crippen LogP contribution is -2.41. The quantitative estimate of drug-likeness (QED) is 0.0463. The summed E-state index contributed by atoms with van der Waals surface area (Å²) in [6, 6.07) is 46.8. The number of nitrogens with zero attached hydrogens (tertiary/aromatic N) is 5. The Hall–Kier alpha value is -9.52. The highest BCUT2D eigenvalue weighted by Gasteiger charge is 2.41. The Morgan fingerprint density at radius 2 is 0.870 bits per heavy atom. The van der Waals surface area contributed by atoms with Crippen molar-refractivity contribution in [3.63, 3.8) is 0 Å². The second kappa shape index (κ2) is 33.1. The number of carbonyl (C=O) groups excluding carboxylic acids is 4. The van der Waals surface area contributed by atoms with Crippen LogP contribution in [-0.2, 0) is 44.6 Å². The first kappa shape index (κ1) is 76.7. The number of aromatic nitrogens is 4. The first-order valence-electron chi connectivity index (χ1n) is 34.7. The monoisotopic (exact) mass is 1640 g/mol. The number of methoxy groups -OCH3 is 1. The average Bonchev–Trinajstić information content (AvgIpc) is 1.59. The molecule has 4 amide bonds. The van der Waals surface area contributed by atoms with E-state index in [-0.39, 0.29) is 54.1 Å². The highest BCUT2D eigenvalue weighted by atomic mass is 79.9. The standard InChI is InChI=1S/C21H20ClN3O4.C20H18BrClN2O2.C20H17Cl3N2O2.C19H15ClF2N2O2/c1-12(2)29-21(26)24-10-9-16-17-11-14(22)5-8-18(17)23-19(16)20(24)13-3-6-15(7-4-13)25(27)28;1-2-26-20(25)24-10-9-15-16-11-14(22)7-8-17(16)23-18(15)19(24)12-3-5-13(21)6-4-12;21-8-10-27-20(26)25-9-7-15-16-11-14(23)5-6-17(16)24-18(15)19(25)12-1-3-13(22)4-2-12;1-26-19(25)24-8-7-11-13-9-10(20)5-6-15(13)23-17(11)18(24)12-3-2-4-14(21)16(12)22/h3-8,11-12,20,23H,9-10H2,1-2H3;3-8,11,19,23H,2,9-10H2,1H3;1-6,11,19,24H,7-10H2;2-6,9,18,23H,7-8H2,1H3. The summed E-state index contributed by atoms with van der Waals surface area (Å²) in [4.78, 5) is 81.2. The molecule has 4 aromatic heterocycles. The maximum absolute atomic E-state index is 14.6. The van der Waals surface area contributed by atoms with Gasteiger partial charge in [-0.3, -0.25) is 29.7 Å². The molecular weight excluding hydrogens is 1580 g/mol. The summed E-state index contributed by atoms with van der Waals surface area (Å²) >= 11 is 39.9. The molecule has 108 heavy (non-hydrogen) atoms. The number of carbonyl (C=O) groups is 4. The zero-order chi connectivity index (χ0) is 76.4. The lowest BCUT2D eigenvalue weighted by Gasteiger charge is -2.35. The number of hydrogen-bond acceptors (Lipinski definition) is 10. The highest BCUT2D eigenvalue weighted by Crippen LogP contribution is 2.45. The second-order valence-corrected chi connectivity index (χ2v) is 29.7. The molecule has 19 nitrogen and oxygen atoms in total. The number of nitrogens with one attached hydrogen (secondary N) is 4. The molecule has 28 heteroatoms. The molecule has 8 aromatic carbocycles. The van der Waals surface area contributed by atoms with Gasteiger partial charge in [0.15, 0.2) is 11.6 Å². The summed E-state index contributed by atoms with van der Waals surface area (Å²) in [6.45, 7) is 7.91. The van der Waals surface area contributed by atoms with Crippen molar-refractivity contribution in [2.75, 3.05) is 52.4 Å². The number of non-ortho nitro benzene ring substituents is 1. The summed E-state index contributed by atoms with van der Waals surface area (Å²) in [6.07, 6.45) is 0.775. The van der Waals surface area contributed by atoms with Gasteiger partial charge in [-0.05, 0) is 201 Å². The minimum Gasteiger partial charge on any atom is -0.453 e. The van der Waals surface area contributed by atoms with Crippen LogP contribution in [-0.4, -0.2) is 127 Å². The molecule has 12 aromatic rings. The average molecular weight is 1650 g/mol. The second-order valence-electron chi connectivity index (χ2n) is 26.2. The minimum atomic E-state index is -0.976. The summed E-state index contributed by atoms with van der Waals surface area (Å²) in [7, 11) is 1.27. The van der Waals surface area contributed by atoms with Crippen molar-refractivity contribution in [1.82, 2.24) is 39.5 Å². The molecule has 0 saturated heterocycles. The molecule has 16 rings (SSSR count). The van der Waals surface area contributed by atoms with Gasteiger partial charge in [-0.2, -0.15) is 0 Å². The molecule has 0 bridgehead atoms. The number of hydrogen-bond donors (Lipinski definition) is 4. The molecule has 0 spiro atoms. The van der Waals surface area contributed by atoms with Crippen molar-refractivity contribution in [2.24, 2.45) is 0 Å². The first-order chi connectivity index (χ1) is 52.0. The lowest BCUT2D eigenvalue weighted by molar-refractivity contribution is -0.384. The molecule has 4 atom stereocenters. The van der Waals surface area contributed by atoms with Gasteiger partial charge >= 0.3 is 24.4 Å². The fourth-order valence-corrected chi connectivity index (χ4v) is 16.0. The molecule has 0 fully saturated rings. The van der Waals surface area contributed by atoms with Crippen LogP contribution in [0.4, 0.5) is 33.6 Å². The van der Waals surface area contributed by atoms with E-state index >= 15 is 0 Å². The number of alkyl halides is 1. The molecule has 4 N–H and O–H groups in total. The van der Waals surface area contributed by atoms with Gasteiger partial charge in [-0.1, -0.05) is 110 Å². The van der Waals surface area contributed by atoms with Crippen molar-refractivity contribution < 1.29 is 51.8 Å². The topological polar surface area (TPSA) is 224 Å². The van der Waals surface area contributed by atoms with Gasteiger partial charge in [0.2, 0.25) is 0 Å². The van der Waals surface area contributed by atoms with E-state index in [1.165, 1.54) is 47.4 Å². The van der Waals surface area contributed by atoms with Gasteiger partial charge in [0.1, 0.15) is 30.8 Å². The number of halogens is 9. The number of ether oxygens (including phenoxy) is 4. The Kier molecular flexibility index (Phi) is 23.5. The molecule has 8 heterocycles. The van der Waals surface area contributed by atoms with Crippen LogP contribution < -0.4 is 0 Å². The zero-order valence-electron chi connectivity index (χ0n) is 58.5. The lowest BCUT2D eigenvalue weighted by atomic mass is 9.92. The van der Waals surface area contributed by atoms with Crippen molar-refractivity contribution in [3.8, 4) is 0 Å². The molecule has 0 radical (unpaired) electrons. The largest absolute Gasteiger partial charge is 0.453 e. The molecule has 0 aliphatic carbocycles. The minimum absolute atomic E-state index is 0.00418. The van der Waals surface area contributed by atoms with Crippen LogP contribution in [0.1, 0.15) is 112 Å². The van der Waals surface area contributed by atoms with E-state index in [1.54, 1.807) is 46.7 Å². The van der Waals surface area contributed by atoms with Gasteiger partial charge in [0.05, 0.1) is 30.6 Å². The van der Waals surface area contributed by atoms with Crippen molar-refractivity contribution in [2.45, 2.75) is 76.7 Å². The van der Waals surface area contributed by atoms with E-state index in [4.69, 9.17) is 88.6 Å². The summed E-state index contributed by atoms with van der Waals surface area (Å²) in [5.41, 5.74) is 14.6. The Morgan fingerprint density at radius 3 is 1.25 bits per heavy atom. The Bertz CT molecular complexity index is 5390. The summed E-state index contributed by atoms with van der Waals surface area (Å²) in [5, 5.41) is 18.5. The number of nitro benzene ring substituents is 1. The number of fused-ring (bicyclic) bond motifs is 12. The smallest absolute Gasteiger partial charge is 0.410 e.